The van der Waals surface area contributed by atoms with Crippen LogP contribution in [0.25, 0.3) is 0 Å². The maximum Gasteiger partial charge on any atom is 0.420 e. The highest BCUT2D eigenvalue weighted by molar-refractivity contribution is 5.96. The van der Waals surface area contributed by atoms with E-state index in [1.165, 1.54) is 6.92 Å². The number of aromatic hydroxyl groups is 1. The molecule has 1 fully saturated rings. The summed E-state index contributed by atoms with van der Waals surface area (Å²) in [6.45, 7) is 0.817. The zero-order valence-corrected chi connectivity index (χ0v) is 12.1. The van der Waals surface area contributed by atoms with Gasteiger partial charge in [-0.25, -0.2) is 4.79 Å². The van der Waals surface area contributed by atoms with Gasteiger partial charge >= 0.3 is 18.4 Å². The number of hydrogen-bond donors (Lipinski definition) is 2. The van der Waals surface area contributed by atoms with Gasteiger partial charge in [0.2, 0.25) is 0 Å². The first-order valence-corrected chi connectivity index (χ1v) is 6.61. The van der Waals surface area contributed by atoms with E-state index < -0.39 is 47.2 Å². The van der Waals surface area contributed by atoms with E-state index in [0.717, 1.165) is 4.90 Å². The van der Waals surface area contributed by atoms with E-state index in [0.29, 0.717) is 4.90 Å². The zero-order chi connectivity index (χ0) is 18.4. The molecule has 0 aliphatic carbocycles. The van der Waals surface area contributed by atoms with Crippen molar-refractivity contribution in [3.8, 4) is 5.75 Å². The monoisotopic (exact) mass is 358 g/mol. The summed E-state index contributed by atoms with van der Waals surface area (Å²) in [5, 5.41) is 19.1. The molecule has 1 atom stereocenters. The third-order valence-electron chi connectivity index (χ3n) is 3.51. The molecule has 1 aliphatic heterocycles. The number of halogens is 6. The van der Waals surface area contributed by atoms with E-state index in [1.54, 1.807) is 0 Å². The highest BCUT2D eigenvalue weighted by atomic mass is 19.4. The second-order valence-corrected chi connectivity index (χ2v) is 5.15. The minimum Gasteiger partial charge on any atom is -0.505 e. The van der Waals surface area contributed by atoms with Gasteiger partial charge in [0.15, 0.2) is 5.75 Å². The Bertz CT molecular complexity index is 656. The molecule has 1 unspecified atom stereocenters. The molecular formula is C13H12F6N2O3. The van der Waals surface area contributed by atoms with Crippen LogP contribution in [0.3, 0.4) is 0 Å². The average molecular weight is 358 g/mol. The van der Waals surface area contributed by atoms with Crippen molar-refractivity contribution in [2.45, 2.75) is 25.5 Å². The van der Waals surface area contributed by atoms with Crippen LogP contribution in [0.4, 0.5) is 36.8 Å². The lowest BCUT2D eigenvalue weighted by Crippen LogP contribution is -2.37. The summed E-state index contributed by atoms with van der Waals surface area (Å²) in [5.74, 6) is -1.48. The number of aliphatic hydroxyl groups excluding tert-OH is 1. The van der Waals surface area contributed by atoms with Crippen molar-refractivity contribution in [2.75, 3.05) is 18.0 Å². The Morgan fingerprint density at radius 3 is 2.08 bits per heavy atom. The number of benzene rings is 1. The van der Waals surface area contributed by atoms with E-state index in [-0.39, 0.29) is 25.2 Å². The van der Waals surface area contributed by atoms with E-state index in [4.69, 9.17) is 0 Å². The third kappa shape index (κ3) is 3.21. The molecule has 2 rings (SSSR count). The molecule has 1 heterocycles. The van der Waals surface area contributed by atoms with Crippen LogP contribution in [0, 0.1) is 0 Å². The lowest BCUT2D eigenvalue weighted by atomic mass is 10.1. The van der Waals surface area contributed by atoms with Crippen LogP contribution in [0.2, 0.25) is 0 Å². The van der Waals surface area contributed by atoms with Crippen LogP contribution < -0.4 is 4.90 Å². The topological polar surface area (TPSA) is 64.0 Å². The molecule has 0 radical (unpaired) electrons. The highest BCUT2D eigenvalue weighted by Crippen LogP contribution is 2.45. The Morgan fingerprint density at radius 1 is 1.08 bits per heavy atom. The first-order valence-electron chi connectivity index (χ1n) is 6.61. The molecule has 134 valence electrons. The number of alkyl halides is 6. The number of anilines is 1. The molecule has 24 heavy (non-hydrogen) atoms. The number of hydrogen-bond acceptors (Lipinski definition) is 3. The highest BCUT2D eigenvalue weighted by Gasteiger charge is 2.42. The van der Waals surface area contributed by atoms with Crippen LogP contribution >= 0.6 is 0 Å². The van der Waals surface area contributed by atoms with Gasteiger partial charge in [-0.15, -0.1) is 0 Å². The predicted octanol–water partition coefficient (Wildman–Crippen LogP) is 3.01. The van der Waals surface area contributed by atoms with Crippen molar-refractivity contribution in [1.82, 2.24) is 4.90 Å². The fourth-order valence-corrected chi connectivity index (χ4v) is 2.33. The lowest BCUT2D eigenvalue weighted by molar-refractivity contribution is -0.143. The average Bonchev–Trinajstić information content (AvgIpc) is 2.78. The molecule has 1 saturated heterocycles. The lowest BCUT2D eigenvalue weighted by Gasteiger charge is -2.23. The first kappa shape index (κ1) is 18.2. The molecule has 0 spiro atoms. The van der Waals surface area contributed by atoms with Crippen LogP contribution in [-0.2, 0) is 12.4 Å². The summed E-state index contributed by atoms with van der Waals surface area (Å²) in [5.41, 5.74) is -4.45. The van der Waals surface area contributed by atoms with Gasteiger partial charge in [-0.05, 0) is 19.1 Å². The zero-order valence-electron chi connectivity index (χ0n) is 12.1. The fourth-order valence-electron chi connectivity index (χ4n) is 2.33. The Morgan fingerprint density at radius 2 is 1.67 bits per heavy atom. The Balaban J connectivity index is 2.60. The molecule has 0 saturated carbocycles. The minimum atomic E-state index is -5.24. The molecule has 1 aromatic carbocycles. The molecule has 1 aromatic rings. The second-order valence-electron chi connectivity index (χ2n) is 5.15. The largest absolute Gasteiger partial charge is 0.505 e. The van der Waals surface area contributed by atoms with Crippen molar-refractivity contribution in [2.24, 2.45) is 0 Å². The van der Waals surface area contributed by atoms with Crippen LogP contribution in [0.1, 0.15) is 18.1 Å². The fraction of sp³-hybridized carbons (Fsp3) is 0.462. The molecular weight excluding hydrogens is 346 g/mol. The van der Waals surface area contributed by atoms with Gasteiger partial charge in [0, 0.05) is 13.1 Å². The predicted molar refractivity (Wildman–Crippen MR) is 69.2 cm³/mol. The van der Waals surface area contributed by atoms with Crippen molar-refractivity contribution >= 4 is 11.7 Å². The number of carbonyl (C=O) groups is 1. The van der Waals surface area contributed by atoms with Crippen LogP contribution in [0.5, 0.6) is 5.75 Å². The molecule has 5 nitrogen and oxygen atoms in total. The van der Waals surface area contributed by atoms with Gasteiger partial charge in [0.1, 0.15) is 6.23 Å². The summed E-state index contributed by atoms with van der Waals surface area (Å²) < 4.78 is 77.3. The van der Waals surface area contributed by atoms with Gasteiger partial charge in [-0.3, -0.25) is 9.80 Å². The Labute approximate surface area is 131 Å². The summed E-state index contributed by atoms with van der Waals surface area (Å²) in [6.07, 6.45) is -11.6. The Kier molecular flexibility index (Phi) is 4.33. The molecule has 11 heteroatoms. The number of nitrogens with zero attached hydrogens (tertiary/aromatic N) is 2. The van der Waals surface area contributed by atoms with E-state index in [9.17, 15) is 41.4 Å². The van der Waals surface area contributed by atoms with Gasteiger partial charge in [-0.2, -0.15) is 26.3 Å². The maximum absolute atomic E-state index is 12.9. The number of rotatable bonds is 2. The molecule has 2 N–H and O–H groups in total. The summed E-state index contributed by atoms with van der Waals surface area (Å²) in [7, 11) is 0. The van der Waals surface area contributed by atoms with Crippen LogP contribution in [-0.4, -0.2) is 40.5 Å². The standard InChI is InChI=1S/C13H12F6N2O3/c1-6(22)20-2-3-21(11(20)24)9-5-7(12(14,15)16)4-8(10(9)23)13(17,18)19/h4-6,22-23H,2-3H2,1H3. The second kappa shape index (κ2) is 5.72. The Hall–Kier alpha value is -2.17. The van der Waals surface area contributed by atoms with Crippen molar-refractivity contribution in [3.63, 3.8) is 0 Å². The number of phenols is 1. The number of amides is 2. The van der Waals surface area contributed by atoms with Gasteiger partial charge in [0.05, 0.1) is 16.8 Å². The van der Waals surface area contributed by atoms with Crippen molar-refractivity contribution in [1.29, 1.82) is 0 Å². The van der Waals surface area contributed by atoms with E-state index >= 15 is 0 Å². The van der Waals surface area contributed by atoms with Crippen LogP contribution in [0.15, 0.2) is 12.1 Å². The van der Waals surface area contributed by atoms with E-state index in [1.807, 2.05) is 0 Å². The summed E-state index contributed by atoms with van der Waals surface area (Å²) in [4.78, 5) is 13.4. The normalized spacial score (nSPS) is 17.6. The quantitative estimate of drug-likeness (QED) is 0.799. The first-order chi connectivity index (χ1) is 10.8. The van der Waals surface area contributed by atoms with E-state index in [2.05, 4.69) is 0 Å². The van der Waals surface area contributed by atoms with Crippen molar-refractivity contribution < 1.29 is 41.4 Å². The van der Waals surface area contributed by atoms with Gasteiger partial charge in [0.25, 0.3) is 0 Å². The van der Waals surface area contributed by atoms with Crippen molar-refractivity contribution in [3.05, 3.63) is 23.3 Å². The number of phenolic OH excluding ortho intramolecular Hbond substituents is 1. The summed E-state index contributed by atoms with van der Waals surface area (Å²) >= 11 is 0. The number of carbonyl (C=O) groups excluding carboxylic acids is 1. The van der Waals surface area contributed by atoms with Gasteiger partial charge in [-0.1, -0.05) is 0 Å². The van der Waals surface area contributed by atoms with Gasteiger partial charge < -0.3 is 10.2 Å². The molecule has 0 bridgehead atoms. The number of urea groups is 1. The molecule has 0 aromatic heterocycles. The minimum absolute atomic E-state index is 0.118. The molecule has 1 aliphatic rings. The smallest absolute Gasteiger partial charge is 0.420 e. The third-order valence-corrected chi connectivity index (χ3v) is 3.51. The maximum atomic E-state index is 12.9. The molecule has 2 amide bonds. The SMILES string of the molecule is CC(O)N1CCN(c2cc(C(F)(F)F)cc(C(F)(F)F)c2O)C1=O. The summed E-state index contributed by atoms with van der Waals surface area (Å²) in [6, 6.07) is -0.951. The number of aliphatic hydroxyl groups is 1.